The van der Waals surface area contributed by atoms with Crippen LogP contribution in [0.25, 0.3) is 33.4 Å². The van der Waals surface area contributed by atoms with Gasteiger partial charge in [-0.25, -0.2) is 4.39 Å². The van der Waals surface area contributed by atoms with Crippen LogP contribution in [0.2, 0.25) is 0 Å². The van der Waals surface area contributed by atoms with Gasteiger partial charge in [-0.05, 0) is 23.8 Å². The minimum atomic E-state index is -0.257. The Morgan fingerprint density at radius 3 is 2.48 bits per heavy atom. The predicted octanol–water partition coefficient (Wildman–Crippen LogP) is 5.26. The third-order valence-electron chi connectivity index (χ3n) is 4.80. The number of hydrogen-bond donors (Lipinski definition) is 1. The Hall–Kier alpha value is -3.40. The van der Waals surface area contributed by atoms with Crippen molar-refractivity contribution in [3.05, 3.63) is 84.2 Å². The number of nitrogens with one attached hydrogen (secondary N) is 1. The molecule has 3 nitrogen and oxygen atoms in total. The summed E-state index contributed by atoms with van der Waals surface area (Å²) in [5, 5.41) is 4.32. The van der Waals surface area contributed by atoms with E-state index in [4.69, 9.17) is 4.42 Å². The van der Waals surface area contributed by atoms with Crippen LogP contribution >= 0.6 is 0 Å². The number of halogens is 1. The number of fused-ring (bicyclic) bond motifs is 1. The van der Waals surface area contributed by atoms with Crippen LogP contribution in [0, 0.1) is 5.82 Å². The lowest BCUT2D eigenvalue weighted by Gasteiger charge is -2.07. The van der Waals surface area contributed by atoms with Gasteiger partial charge in [-0.1, -0.05) is 54.6 Å². The van der Waals surface area contributed by atoms with E-state index in [-0.39, 0.29) is 5.82 Å². The summed E-state index contributed by atoms with van der Waals surface area (Å²) in [6.07, 6.45) is 0. The molecule has 3 aromatic carbocycles. The first-order valence-electron chi connectivity index (χ1n) is 8.96. The van der Waals surface area contributed by atoms with Crippen LogP contribution in [0.4, 0.5) is 4.39 Å². The van der Waals surface area contributed by atoms with E-state index >= 15 is 0 Å². The van der Waals surface area contributed by atoms with Gasteiger partial charge in [0.25, 0.3) is 0 Å². The molecule has 0 unspecified atom stereocenters. The van der Waals surface area contributed by atoms with E-state index in [1.165, 1.54) is 12.1 Å². The maximum absolute atomic E-state index is 13.7. The first-order chi connectivity index (χ1) is 13.3. The molecule has 4 heteroatoms. The van der Waals surface area contributed by atoms with E-state index in [2.05, 4.69) is 10.3 Å². The maximum atomic E-state index is 13.7. The van der Waals surface area contributed by atoms with Crippen LogP contribution in [0.5, 0.6) is 0 Å². The zero-order valence-electron chi connectivity index (χ0n) is 14.6. The molecule has 1 aliphatic heterocycles. The van der Waals surface area contributed by atoms with Gasteiger partial charge in [-0.15, -0.1) is 0 Å². The summed E-state index contributed by atoms with van der Waals surface area (Å²) in [5.74, 6) is 1.42. The third-order valence-corrected chi connectivity index (χ3v) is 4.80. The molecule has 1 aromatic heterocycles. The molecule has 0 saturated heterocycles. The van der Waals surface area contributed by atoms with Gasteiger partial charge in [0, 0.05) is 28.6 Å². The molecule has 27 heavy (non-hydrogen) atoms. The van der Waals surface area contributed by atoms with E-state index in [0.29, 0.717) is 0 Å². The Morgan fingerprint density at radius 2 is 1.67 bits per heavy atom. The number of hydrogen-bond acceptors (Lipinski definition) is 3. The SMILES string of the molecule is Fc1cccc(-c2cccc3cc(-c4ccccc4C4=NCCN4)oc23)c1. The summed E-state index contributed by atoms with van der Waals surface area (Å²) >= 11 is 0. The van der Waals surface area contributed by atoms with Crippen molar-refractivity contribution in [2.24, 2.45) is 4.99 Å². The first kappa shape index (κ1) is 15.8. The summed E-state index contributed by atoms with van der Waals surface area (Å²) in [4.78, 5) is 4.54. The van der Waals surface area contributed by atoms with E-state index in [0.717, 1.165) is 57.9 Å². The number of para-hydroxylation sites is 1. The number of nitrogens with zero attached hydrogens (tertiary/aromatic N) is 1. The van der Waals surface area contributed by atoms with Crippen molar-refractivity contribution in [2.75, 3.05) is 13.1 Å². The summed E-state index contributed by atoms with van der Waals surface area (Å²) in [7, 11) is 0. The fourth-order valence-electron chi connectivity index (χ4n) is 3.56. The Morgan fingerprint density at radius 1 is 0.852 bits per heavy atom. The van der Waals surface area contributed by atoms with E-state index < -0.39 is 0 Å². The van der Waals surface area contributed by atoms with E-state index in [1.54, 1.807) is 6.07 Å². The monoisotopic (exact) mass is 356 g/mol. The van der Waals surface area contributed by atoms with Crippen molar-refractivity contribution in [1.29, 1.82) is 0 Å². The van der Waals surface area contributed by atoms with Crippen LogP contribution in [0.15, 0.2) is 82.2 Å². The Bertz CT molecular complexity index is 1180. The van der Waals surface area contributed by atoms with Crippen LogP contribution in [-0.4, -0.2) is 18.9 Å². The molecule has 4 aromatic rings. The minimum absolute atomic E-state index is 0.257. The van der Waals surface area contributed by atoms with Crippen LogP contribution in [0.1, 0.15) is 5.56 Å². The molecule has 0 aliphatic carbocycles. The van der Waals surface area contributed by atoms with Gasteiger partial charge in [0.1, 0.15) is 23.0 Å². The smallest absolute Gasteiger partial charge is 0.142 e. The van der Waals surface area contributed by atoms with Gasteiger partial charge >= 0.3 is 0 Å². The second kappa shape index (κ2) is 6.40. The predicted molar refractivity (Wildman–Crippen MR) is 106 cm³/mol. The molecule has 132 valence electrons. The number of furan rings is 1. The van der Waals surface area contributed by atoms with Crippen molar-refractivity contribution >= 4 is 16.8 Å². The molecule has 0 fully saturated rings. The lowest BCUT2D eigenvalue weighted by molar-refractivity contribution is 0.627. The fourth-order valence-corrected chi connectivity index (χ4v) is 3.56. The molecular formula is C23H17FN2O. The third kappa shape index (κ3) is 2.79. The Balaban J connectivity index is 1.68. The normalized spacial score (nSPS) is 13.6. The van der Waals surface area contributed by atoms with Crippen molar-refractivity contribution in [3.8, 4) is 22.5 Å². The van der Waals surface area contributed by atoms with Gasteiger partial charge < -0.3 is 9.73 Å². The molecule has 1 N–H and O–H groups in total. The van der Waals surface area contributed by atoms with Gasteiger partial charge in [0.05, 0.1) is 6.54 Å². The second-order valence-corrected chi connectivity index (χ2v) is 6.55. The highest BCUT2D eigenvalue weighted by molar-refractivity contribution is 6.05. The largest absolute Gasteiger partial charge is 0.455 e. The molecule has 0 bridgehead atoms. The second-order valence-electron chi connectivity index (χ2n) is 6.55. The lowest BCUT2D eigenvalue weighted by atomic mass is 10.0. The summed E-state index contributed by atoms with van der Waals surface area (Å²) in [6.45, 7) is 1.64. The highest BCUT2D eigenvalue weighted by Crippen LogP contribution is 2.36. The van der Waals surface area contributed by atoms with E-state index in [1.807, 2.05) is 54.6 Å². The Kier molecular flexibility index (Phi) is 3.75. The minimum Gasteiger partial charge on any atom is -0.455 e. The molecule has 0 radical (unpaired) electrons. The molecule has 1 aliphatic rings. The summed E-state index contributed by atoms with van der Waals surface area (Å²) < 4.78 is 20.0. The quantitative estimate of drug-likeness (QED) is 0.544. The Labute approximate surface area is 156 Å². The molecule has 0 spiro atoms. The lowest BCUT2D eigenvalue weighted by Crippen LogP contribution is -2.20. The standard InChI is InChI=1S/C23H17FN2O/c24-17-7-3-5-15(13-17)18-10-4-6-16-14-21(27-22(16)18)19-8-1-2-9-20(19)23-25-11-12-26-23/h1-10,13-14H,11-12H2,(H,25,26). The van der Waals surface area contributed by atoms with Crippen molar-refractivity contribution in [1.82, 2.24) is 5.32 Å². The number of aliphatic imine (C=N–C) groups is 1. The highest BCUT2D eigenvalue weighted by atomic mass is 19.1. The average molecular weight is 356 g/mol. The van der Waals surface area contributed by atoms with Crippen LogP contribution in [0.3, 0.4) is 0 Å². The molecule has 0 saturated carbocycles. The maximum Gasteiger partial charge on any atom is 0.142 e. The van der Waals surface area contributed by atoms with Gasteiger partial charge in [0.15, 0.2) is 0 Å². The van der Waals surface area contributed by atoms with Crippen LogP contribution < -0.4 is 5.32 Å². The number of amidine groups is 1. The van der Waals surface area contributed by atoms with Gasteiger partial charge in [-0.3, -0.25) is 4.99 Å². The average Bonchev–Trinajstić information content (AvgIpc) is 3.37. The van der Waals surface area contributed by atoms with Gasteiger partial charge in [0.2, 0.25) is 0 Å². The fraction of sp³-hybridized carbons (Fsp3) is 0.0870. The molecule has 2 heterocycles. The van der Waals surface area contributed by atoms with Crippen molar-refractivity contribution < 1.29 is 8.81 Å². The highest BCUT2D eigenvalue weighted by Gasteiger charge is 2.17. The van der Waals surface area contributed by atoms with Crippen LogP contribution in [-0.2, 0) is 0 Å². The topological polar surface area (TPSA) is 37.5 Å². The number of rotatable bonds is 3. The van der Waals surface area contributed by atoms with Crippen molar-refractivity contribution in [3.63, 3.8) is 0 Å². The van der Waals surface area contributed by atoms with Crippen molar-refractivity contribution in [2.45, 2.75) is 0 Å². The molecule has 0 amide bonds. The zero-order valence-corrected chi connectivity index (χ0v) is 14.6. The van der Waals surface area contributed by atoms with Gasteiger partial charge in [-0.2, -0.15) is 0 Å². The molecule has 5 rings (SSSR count). The first-order valence-corrected chi connectivity index (χ1v) is 8.96. The van der Waals surface area contributed by atoms with E-state index in [9.17, 15) is 4.39 Å². The number of benzene rings is 3. The summed E-state index contributed by atoms with van der Waals surface area (Å²) in [5.41, 5.74) is 4.46. The zero-order chi connectivity index (χ0) is 18.2. The molecule has 0 atom stereocenters. The summed E-state index contributed by atoms with van der Waals surface area (Å²) in [6, 6.07) is 22.6. The molecular weight excluding hydrogens is 339 g/mol.